The van der Waals surface area contributed by atoms with Gasteiger partial charge in [-0.2, -0.15) is 0 Å². The van der Waals surface area contributed by atoms with Crippen LogP contribution in [0.25, 0.3) is 0 Å². The van der Waals surface area contributed by atoms with E-state index in [0.717, 1.165) is 16.7 Å². The van der Waals surface area contributed by atoms with E-state index in [9.17, 15) is 10.0 Å². The van der Waals surface area contributed by atoms with E-state index in [-0.39, 0.29) is 5.46 Å². The largest absolute Gasteiger partial charge is 0.853 e. The molecule has 0 saturated carbocycles. The van der Waals surface area contributed by atoms with E-state index in [1.807, 2.05) is 91.0 Å². The molecule has 1 aliphatic rings. The summed E-state index contributed by atoms with van der Waals surface area (Å²) in [6, 6.07) is 37.0. The molecule has 6 nitrogen and oxygen atoms in total. The van der Waals surface area contributed by atoms with Crippen molar-refractivity contribution in [3.8, 4) is 0 Å². The van der Waals surface area contributed by atoms with Gasteiger partial charge in [-0.15, -0.1) is 0 Å². The third-order valence-electron chi connectivity index (χ3n) is 5.88. The molecule has 4 aromatic carbocycles. The maximum absolute atomic E-state index is 11.9. The monoisotopic (exact) mass is 432 g/mol. The molecule has 0 saturated heterocycles. The summed E-state index contributed by atoms with van der Waals surface area (Å²) in [6.45, 7) is 0. The molecule has 0 aliphatic carbocycles. The van der Waals surface area contributed by atoms with E-state index < -0.39 is 18.8 Å². The molecule has 0 radical (unpaired) electrons. The first-order valence-corrected chi connectivity index (χ1v) is 10.7. The van der Waals surface area contributed by atoms with Gasteiger partial charge in [0.05, 0.1) is 5.11 Å². The van der Waals surface area contributed by atoms with Gasteiger partial charge in [0.25, 0.3) is 0 Å². The molecule has 1 aliphatic heterocycles. The van der Waals surface area contributed by atoms with Gasteiger partial charge < -0.3 is 10.0 Å². The lowest BCUT2D eigenvalue weighted by molar-refractivity contribution is -0.660. The minimum atomic E-state index is -1.87. The summed E-state index contributed by atoms with van der Waals surface area (Å²) in [5.41, 5.74) is 2.83. The van der Waals surface area contributed by atoms with Gasteiger partial charge in [-0.3, -0.25) is 0 Å². The minimum Gasteiger partial charge on any atom is -0.853 e. The van der Waals surface area contributed by atoms with Crippen molar-refractivity contribution in [3.05, 3.63) is 138 Å². The first-order valence-electron chi connectivity index (χ1n) is 10.7. The minimum absolute atomic E-state index is 0.247. The van der Waals surface area contributed by atoms with Crippen molar-refractivity contribution in [1.29, 1.82) is 0 Å². The van der Waals surface area contributed by atoms with Gasteiger partial charge in [0.2, 0.25) is 12.7 Å². The van der Waals surface area contributed by atoms with Crippen LogP contribution in [0.15, 0.2) is 131 Å². The fourth-order valence-corrected chi connectivity index (χ4v) is 4.38. The number of hydrogen-bond acceptors (Lipinski definition) is 5. The Bertz CT molecular complexity index is 1200. The molecule has 5 rings (SSSR count). The molecule has 0 spiro atoms. The Labute approximate surface area is 192 Å². The van der Waals surface area contributed by atoms with Crippen molar-refractivity contribution in [3.63, 3.8) is 0 Å². The van der Waals surface area contributed by atoms with E-state index in [4.69, 9.17) is 5.11 Å². The standard InChI is InChI=1S/C26H21BN4O2/c32-27(33)24-19-11-10-18-23(24)25-28-30-31(29-25)26(20-12-4-1-5-13-20,21-14-6-2-7-15-21)22-16-8-3-9-17-22/h1-19,25,32H. The molecule has 160 valence electrons. The number of rotatable bonds is 6. The maximum atomic E-state index is 11.9. The second-order valence-electron chi connectivity index (χ2n) is 7.77. The highest BCUT2D eigenvalue weighted by Crippen LogP contribution is 2.43. The highest BCUT2D eigenvalue weighted by molar-refractivity contribution is 6.57. The SMILES string of the molecule is [O-]B(O)c1ccccc1C1N=N[N+](C(c2ccccc2)(c2ccccc2)c2ccccc2)=N1. The predicted molar refractivity (Wildman–Crippen MR) is 124 cm³/mol. The number of hydrogen-bond donors (Lipinski definition) is 1. The summed E-state index contributed by atoms with van der Waals surface area (Å²) >= 11 is 0. The first-order chi connectivity index (χ1) is 16.2. The Morgan fingerprint density at radius 3 is 1.64 bits per heavy atom. The fourth-order valence-electron chi connectivity index (χ4n) is 4.38. The Hall–Kier alpha value is -3.94. The van der Waals surface area contributed by atoms with Gasteiger partial charge in [0.15, 0.2) is 5.22 Å². The molecular weight excluding hydrogens is 411 g/mol. The van der Waals surface area contributed by atoms with E-state index >= 15 is 0 Å². The molecule has 33 heavy (non-hydrogen) atoms. The van der Waals surface area contributed by atoms with Gasteiger partial charge in [0, 0.05) is 22.3 Å². The van der Waals surface area contributed by atoms with Crippen LogP contribution in [0.5, 0.6) is 0 Å². The summed E-state index contributed by atoms with van der Waals surface area (Å²) in [5.74, 6) is 0. The predicted octanol–water partition coefficient (Wildman–Crippen LogP) is 3.57. The number of benzene rings is 4. The van der Waals surface area contributed by atoms with E-state index in [0.29, 0.717) is 5.56 Å². The molecule has 1 N–H and O–H groups in total. The van der Waals surface area contributed by atoms with Gasteiger partial charge in [-0.25, -0.2) is 0 Å². The first kappa shape index (κ1) is 20.9. The van der Waals surface area contributed by atoms with Crippen molar-refractivity contribution < 1.29 is 14.9 Å². The third kappa shape index (κ3) is 3.67. The Kier molecular flexibility index (Phi) is 5.65. The van der Waals surface area contributed by atoms with Crippen molar-refractivity contribution >= 4 is 12.6 Å². The lowest BCUT2D eigenvalue weighted by atomic mass is 9.76. The van der Waals surface area contributed by atoms with Gasteiger partial charge in [0.1, 0.15) is 0 Å². The molecule has 0 bridgehead atoms. The van der Waals surface area contributed by atoms with E-state index in [1.165, 1.54) is 0 Å². The zero-order valence-corrected chi connectivity index (χ0v) is 17.8. The second-order valence-corrected chi connectivity index (χ2v) is 7.77. The average molecular weight is 432 g/mol. The average Bonchev–Trinajstić information content (AvgIpc) is 3.37. The lowest BCUT2D eigenvalue weighted by Crippen LogP contribution is -2.45. The molecule has 0 fully saturated rings. The Balaban J connectivity index is 1.76. The summed E-state index contributed by atoms with van der Waals surface area (Å²) in [7, 11) is -1.87. The van der Waals surface area contributed by atoms with E-state index in [2.05, 4.69) is 10.3 Å². The summed E-state index contributed by atoms with van der Waals surface area (Å²) < 4.78 is 0. The smallest absolute Gasteiger partial charge is 0.320 e. The van der Waals surface area contributed by atoms with Crippen LogP contribution in [0.2, 0.25) is 0 Å². The molecule has 4 aromatic rings. The molecule has 7 heteroatoms. The number of azo groups is 1. The normalized spacial score (nSPS) is 15.3. The van der Waals surface area contributed by atoms with Crippen molar-refractivity contribution in [2.75, 3.05) is 0 Å². The maximum Gasteiger partial charge on any atom is 0.320 e. The zero-order valence-electron chi connectivity index (χ0n) is 17.8. The van der Waals surface area contributed by atoms with Crippen LogP contribution in [-0.4, -0.2) is 16.9 Å². The molecule has 0 aromatic heterocycles. The number of nitrogens with zero attached hydrogens (tertiary/aromatic N) is 4. The van der Waals surface area contributed by atoms with Crippen molar-refractivity contribution in [2.45, 2.75) is 11.7 Å². The summed E-state index contributed by atoms with van der Waals surface area (Å²) in [6.07, 6.45) is -0.736. The van der Waals surface area contributed by atoms with Crippen LogP contribution in [0.4, 0.5) is 0 Å². The van der Waals surface area contributed by atoms with Gasteiger partial charge in [-0.05, 0) is 9.92 Å². The van der Waals surface area contributed by atoms with Crippen molar-refractivity contribution in [1.82, 2.24) is 0 Å². The van der Waals surface area contributed by atoms with Crippen LogP contribution in [0, 0.1) is 0 Å². The Morgan fingerprint density at radius 1 is 0.697 bits per heavy atom. The third-order valence-corrected chi connectivity index (χ3v) is 5.88. The highest BCUT2D eigenvalue weighted by Gasteiger charge is 2.49. The molecule has 1 heterocycles. The van der Waals surface area contributed by atoms with E-state index in [1.54, 1.807) is 29.1 Å². The highest BCUT2D eigenvalue weighted by atomic mass is 16.4. The van der Waals surface area contributed by atoms with Crippen LogP contribution in [0.1, 0.15) is 28.4 Å². The Morgan fingerprint density at radius 2 is 1.15 bits per heavy atom. The second kappa shape index (κ2) is 8.90. The molecule has 1 atom stereocenters. The van der Waals surface area contributed by atoms with Crippen LogP contribution in [0.3, 0.4) is 0 Å². The molecular formula is C26H21BN4O2. The zero-order chi connectivity index (χ0) is 22.7. The van der Waals surface area contributed by atoms with Gasteiger partial charge >= 0.3 is 6.17 Å². The summed E-state index contributed by atoms with van der Waals surface area (Å²) in [4.78, 5) is 1.63. The van der Waals surface area contributed by atoms with Crippen LogP contribution in [-0.2, 0) is 5.54 Å². The fraction of sp³-hybridized carbons (Fsp3) is 0.0769. The molecule has 0 amide bonds. The van der Waals surface area contributed by atoms with Crippen LogP contribution < -0.4 is 10.5 Å². The summed E-state index contributed by atoms with van der Waals surface area (Å²) in [5, 5.41) is 35.4. The van der Waals surface area contributed by atoms with Gasteiger partial charge in [-0.1, -0.05) is 121 Å². The lowest BCUT2D eigenvalue weighted by Gasteiger charge is -2.29. The van der Waals surface area contributed by atoms with Crippen LogP contribution >= 0.6 is 0 Å². The quantitative estimate of drug-likeness (QED) is 0.287. The van der Waals surface area contributed by atoms with Crippen molar-refractivity contribution in [2.24, 2.45) is 15.5 Å². The molecule has 1 unspecified atom stereocenters. The topological polar surface area (TPSA) is 83.4 Å².